The smallest absolute Gasteiger partial charge is 0.252 e. The standard InChI is InChI=1S/C13H18N2O/c1-13(2,3)15-12(16)10-6-4-5-9-7-14-8-11(9)10/h4-6,14H,7-8H2,1-3H3,(H,15,16). The molecule has 0 unspecified atom stereocenters. The molecule has 0 spiro atoms. The van der Waals surface area contributed by atoms with E-state index in [2.05, 4.69) is 16.7 Å². The van der Waals surface area contributed by atoms with Gasteiger partial charge in [-0.3, -0.25) is 4.79 Å². The molecule has 2 N–H and O–H groups in total. The minimum Gasteiger partial charge on any atom is -0.347 e. The molecular formula is C13H18N2O. The molecule has 0 saturated heterocycles. The molecule has 0 atom stereocenters. The Labute approximate surface area is 96.2 Å². The first kappa shape index (κ1) is 11.1. The summed E-state index contributed by atoms with van der Waals surface area (Å²) in [4.78, 5) is 12.1. The molecule has 1 aromatic rings. The lowest BCUT2D eigenvalue weighted by Gasteiger charge is -2.21. The fourth-order valence-electron chi connectivity index (χ4n) is 1.95. The zero-order valence-corrected chi connectivity index (χ0v) is 10.1. The zero-order valence-electron chi connectivity index (χ0n) is 10.1. The van der Waals surface area contributed by atoms with Crippen LogP contribution in [0.5, 0.6) is 0 Å². The number of carbonyl (C=O) groups is 1. The molecule has 1 aliphatic heterocycles. The van der Waals surface area contributed by atoms with Crippen molar-refractivity contribution in [3.63, 3.8) is 0 Å². The van der Waals surface area contributed by atoms with E-state index in [-0.39, 0.29) is 11.4 Å². The highest BCUT2D eigenvalue weighted by Crippen LogP contribution is 2.20. The van der Waals surface area contributed by atoms with Crippen molar-refractivity contribution in [3.8, 4) is 0 Å². The van der Waals surface area contributed by atoms with E-state index in [1.807, 2.05) is 32.9 Å². The maximum Gasteiger partial charge on any atom is 0.252 e. The molecule has 0 bridgehead atoms. The summed E-state index contributed by atoms with van der Waals surface area (Å²) in [5, 5.41) is 6.26. The van der Waals surface area contributed by atoms with Crippen molar-refractivity contribution in [3.05, 3.63) is 34.9 Å². The highest BCUT2D eigenvalue weighted by Gasteiger charge is 2.21. The normalized spacial score (nSPS) is 14.7. The first-order valence-corrected chi connectivity index (χ1v) is 5.61. The molecule has 0 aromatic heterocycles. The summed E-state index contributed by atoms with van der Waals surface area (Å²) in [7, 11) is 0. The molecule has 1 heterocycles. The summed E-state index contributed by atoms with van der Waals surface area (Å²) in [5.41, 5.74) is 2.99. The number of nitrogens with one attached hydrogen (secondary N) is 2. The van der Waals surface area contributed by atoms with E-state index in [9.17, 15) is 4.79 Å². The van der Waals surface area contributed by atoms with Gasteiger partial charge in [-0.25, -0.2) is 0 Å². The van der Waals surface area contributed by atoms with Crippen molar-refractivity contribution in [2.75, 3.05) is 0 Å². The molecule has 1 aromatic carbocycles. The van der Waals surface area contributed by atoms with Crippen molar-refractivity contribution >= 4 is 5.91 Å². The molecule has 0 aliphatic carbocycles. The second kappa shape index (κ2) is 3.91. The van der Waals surface area contributed by atoms with Crippen LogP contribution in [0.2, 0.25) is 0 Å². The van der Waals surface area contributed by atoms with Crippen LogP contribution < -0.4 is 10.6 Å². The average Bonchev–Trinajstić information content (AvgIpc) is 2.61. The van der Waals surface area contributed by atoms with Crippen molar-refractivity contribution in [1.82, 2.24) is 10.6 Å². The van der Waals surface area contributed by atoms with Gasteiger partial charge in [0.1, 0.15) is 0 Å². The van der Waals surface area contributed by atoms with Gasteiger partial charge in [-0.05, 0) is 38.0 Å². The lowest BCUT2D eigenvalue weighted by Crippen LogP contribution is -2.41. The zero-order chi connectivity index (χ0) is 11.8. The fraction of sp³-hybridized carbons (Fsp3) is 0.462. The topological polar surface area (TPSA) is 41.1 Å². The van der Waals surface area contributed by atoms with Gasteiger partial charge in [0.15, 0.2) is 0 Å². The first-order valence-electron chi connectivity index (χ1n) is 5.61. The quantitative estimate of drug-likeness (QED) is 0.755. The highest BCUT2D eigenvalue weighted by molar-refractivity contribution is 5.96. The minimum absolute atomic E-state index is 0.0213. The molecule has 86 valence electrons. The number of fused-ring (bicyclic) bond motifs is 1. The van der Waals surface area contributed by atoms with E-state index in [1.54, 1.807) is 0 Å². The van der Waals surface area contributed by atoms with Crippen LogP contribution in [0.4, 0.5) is 0 Å². The molecule has 0 radical (unpaired) electrons. The van der Waals surface area contributed by atoms with Crippen molar-refractivity contribution in [2.24, 2.45) is 0 Å². The maximum absolute atomic E-state index is 12.1. The Morgan fingerprint density at radius 3 is 2.75 bits per heavy atom. The van der Waals surface area contributed by atoms with E-state index in [4.69, 9.17) is 0 Å². The number of benzene rings is 1. The summed E-state index contributed by atoms with van der Waals surface area (Å²) in [5.74, 6) is 0.0213. The van der Waals surface area contributed by atoms with Gasteiger partial charge in [-0.15, -0.1) is 0 Å². The lowest BCUT2D eigenvalue weighted by atomic mass is 10.0. The molecule has 16 heavy (non-hydrogen) atoms. The van der Waals surface area contributed by atoms with Gasteiger partial charge < -0.3 is 10.6 Å². The van der Waals surface area contributed by atoms with E-state index in [1.165, 1.54) is 5.56 Å². The molecule has 2 rings (SSSR count). The molecule has 1 amide bonds. The summed E-state index contributed by atoms with van der Waals surface area (Å²) >= 11 is 0. The summed E-state index contributed by atoms with van der Waals surface area (Å²) in [6, 6.07) is 5.92. The van der Waals surface area contributed by atoms with Crippen LogP contribution in [0, 0.1) is 0 Å². The lowest BCUT2D eigenvalue weighted by molar-refractivity contribution is 0.0918. The predicted molar refractivity (Wildman–Crippen MR) is 64.2 cm³/mol. The largest absolute Gasteiger partial charge is 0.347 e. The third-order valence-corrected chi connectivity index (χ3v) is 2.62. The van der Waals surface area contributed by atoms with Gasteiger partial charge in [0.2, 0.25) is 0 Å². The number of hydrogen-bond acceptors (Lipinski definition) is 2. The van der Waals surface area contributed by atoms with Crippen LogP contribution in [0.3, 0.4) is 0 Å². The third-order valence-electron chi connectivity index (χ3n) is 2.62. The maximum atomic E-state index is 12.1. The average molecular weight is 218 g/mol. The Kier molecular flexibility index (Phi) is 2.72. The van der Waals surface area contributed by atoms with Crippen LogP contribution in [-0.2, 0) is 13.1 Å². The minimum atomic E-state index is -0.189. The van der Waals surface area contributed by atoms with Crippen molar-refractivity contribution in [2.45, 2.75) is 39.4 Å². The van der Waals surface area contributed by atoms with Crippen LogP contribution in [0.15, 0.2) is 18.2 Å². The SMILES string of the molecule is CC(C)(C)NC(=O)c1cccc2c1CNC2. The van der Waals surface area contributed by atoms with Crippen LogP contribution in [-0.4, -0.2) is 11.4 Å². The van der Waals surface area contributed by atoms with Crippen LogP contribution in [0.25, 0.3) is 0 Å². The Morgan fingerprint density at radius 1 is 1.31 bits per heavy atom. The van der Waals surface area contributed by atoms with Crippen LogP contribution in [0.1, 0.15) is 42.3 Å². The fourth-order valence-corrected chi connectivity index (χ4v) is 1.95. The Morgan fingerprint density at radius 2 is 2.06 bits per heavy atom. The number of hydrogen-bond donors (Lipinski definition) is 2. The number of carbonyl (C=O) groups excluding carboxylic acids is 1. The molecule has 0 saturated carbocycles. The second-order valence-corrected chi connectivity index (χ2v) is 5.25. The van der Waals surface area contributed by atoms with Gasteiger partial charge in [-0.2, -0.15) is 0 Å². The van der Waals surface area contributed by atoms with Crippen molar-refractivity contribution < 1.29 is 4.79 Å². The van der Waals surface area contributed by atoms with Gasteiger partial charge in [-0.1, -0.05) is 12.1 Å². The Bertz CT molecular complexity index is 418. The van der Waals surface area contributed by atoms with Crippen molar-refractivity contribution in [1.29, 1.82) is 0 Å². The second-order valence-electron chi connectivity index (χ2n) is 5.25. The van der Waals surface area contributed by atoms with E-state index < -0.39 is 0 Å². The van der Waals surface area contributed by atoms with E-state index in [0.29, 0.717) is 0 Å². The molecule has 1 aliphatic rings. The molecule has 3 heteroatoms. The summed E-state index contributed by atoms with van der Waals surface area (Å²) < 4.78 is 0. The van der Waals surface area contributed by atoms with Gasteiger partial charge >= 0.3 is 0 Å². The van der Waals surface area contributed by atoms with Gasteiger partial charge in [0.25, 0.3) is 5.91 Å². The Balaban J connectivity index is 2.28. The molecular weight excluding hydrogens is 200 g/mol. The number of amides is 1. The number of rotatable bonds is 1. The third kappa shape index (κ3) is 2.25. The Hall–Kier alpha value is -1.35. The first-order chi connectivity index (χ1) is 7.47. The molecule has 0 fully saturated rings. The summed E-state index contributed by atoms with van der Waals surface area (Å²) in [6.07, 6.45) is 0. The van der Waals surface area contributed by atoms with E-state index in [0.717, 1.165) is 24.2 Å². The monoisotopic (exact) mass is 218 g/mol. The summed E-state index contributed by atoms with van der Waals surface area (Å²) in [6.45, 7) is 7.64. The highest BCUT2D eigenvalue weighted by atomic mass is 16.1. The predicted octanol–water partition coefficient (Wildman–Crippen LogP) is 1.82. The van der Waals surface area contributed by atoms with E-state index >= 15 is 0 Å². The van der Waals surface area contributed by atoms with Gasteiger partial charge in [0, 0.05) is 24.2 Å². The molecule has 3 nitrogen and oxygen atoms in total. The van der Waals surface area contributed by atoms with Gasteiger partial charge in [0.05, 0.1) is 0 Å². The van der Waals surface area contributed by atoms with Crippen LogP contribution >= 0.6 is 0 Å².